The van der Waals surface area contributed by atoms with Crippen LogP contribution < -0.4 is 0 Å². The molecule has 7 nitrogen and oxygen atoms in total. The van der Waals surface area contributed by atoms with Gasteiger partial charge in [0.2, 0.25) is 11.7 Å². The number of aromatic nitrogens is 2. The molecule has 1 fully saturated rings. The average Bonchev–Trinajstić information content (AvgIpc) is 3.06. The van der Waals surface area contributed by atoms with E-state index < -0.39 is 0 Å². The van der Waals surface area contributed by atoms with Crippen molar-refractivity contribution in [2.45, 2.75) is 32.1 Å². The molecule has 0 radical (unpaired) electrons. The van der Waals surface area contributed by atoms with E-state index in [1.165, 1.54) is 0 Å². The Morgan fingerprint density at radius 1 is 1.48 bits per heavy atom. The molecule has 21 heavy (non-hydrogen) atoms. The summed E-state index contributed by atoms with van der Waals surface area (Å²) in [6.07, 6.45) is 1.38. The highest BCUT2D eigenvalue weighted by molar-refractivity contribution is 5.44. The number of furan rings is 1. The molecule has 114 valence electrons. The van der Waals surface area contributed by atoms with E-state index in [-0.39, 0.29) is 18.3 Å². The maximum Gasteiger partial charge on any atom is 0.241 e. The number of aliphatic hydroxyl groups excluding tert-OH is 1. The Morgan fingerprint density at radius 3 is 3.05 bits per heavy atom. The van der Waals surface area contributed by atoms with Crippen molar-refractivity contribution in [3.8, 4) is 11.6 Å². The van der Waals surface area contributed by atoms with Crippen LogP contribution in [0.5, 0.6) is 0 Å². The van der Waals surface area contributed by atoms with Crippen LogP contribution in [0.3, 0.4) is 0 Å². The van der Waals surface area contributed by atoms with Crippen LogP contribution in [0.1, 0.15) is 19.7 Å². The minimum absolute atomic E-state index is 0.00140. The van der Waals surface area contributed by atoms with Crippen LogP contribution in [0.2, 0.25) is 0 Å². The van der Waals surface area contributed by atoms with Gasteiger partial charge in [0.15, 0.2) is 5.76 Å². The summed E-state index contributed by atoms with van der Waals surface area (Å²) in [5.41, 5.74) is -0.310. The lowest BCUT2D eigenvalue weighted by molar-refractivity contribution is -0.151. The summed E-state index contributed by atoms with van der Waals surface area (Å²) in [6.45, 7) is 5.91. The van der Waals surface area contributed by atoms with Gasteiger partial charge < -0.3 is 18.8 Å². The first-order valence-electron chi connectivity index (χ1n) is 6.93. The zero-order valence-electron chi connectivity index (χ0n) is 12.2. The summed E-state index contributed by atoms with van der Waals surface area (Å²) in [7, 11) is 0. The third-order valence-electron chi connectivity index (χ3n) is 3.32. The molecule has 2 aromatic rings. The van der Waals surface area contributed by atoms with Gasteiger partial charge in [-0.25, -0.2) is 0 Å². The van der Waals surface area contributed by atoms with Crippen molar-refractivity contribution in [3.63, 3.8) is 0 Å². The first kappa shape index (κ1) is 14.2. The van der Waals surface area contributed by atoms with Crippen LogP contribution in [-0.2, 0) is 11.3 Å². The molecule has 0 amide bonds. The SMILES string of the molecule is CC1(C)CN(Cc2nc(-c3ccco3)no2)CC(CO)O1. The molecule has 0 saturated carbocycles. The van der Waals surface area contributed by atoms with E-state index in [9.17, 15) is 5.11 Å². The molecular weight excluding hydrogens is 274 g/mol. The molecule has 0 bridgehead atoms. The molecule has 7 heteroatoms. The van der Waals surface area contributed by atoms with Gasteiger partial charge in [-0.15, -0.1) is 0 Å². The maximum atomic E-state index is 9.32. The molecule has 0 aliphatic carbocycles. The molecular formula is C14H19N3O4. The number of aliphatic hydroxyl groups is 1. The third kappa shape index (κ3) is 3.31. The number of hydrogen-bond donors (Lipinski definition) is 1. The van der Waals surface area contributed by atoms with Crippen LogP contribution in [0.4, 0.5) is 0 Å². The smallest absolute Gasteiger partial charge is 0.241 e. The molecule has 1 saturated heterocycles. The largest absolute Gasteiger partial charge is 0.461 e. The van der Waals surface area contributed by atoms with Crippen molar-refractivity contribution in [3.05, 3.63) is 24.3 Å². The zero-order valence-corrected chi connectivity index (χ0v) is 12.2. The van der Waals surface area contributed by atoms with Gasteiger partial charge in [-0.3, -0.25) is 4.90 Å². The van der Waals surface area contributed by atoms with E-state index >= 15 is 0 Å². The molecule has 1 aliphatic heterocycles. The number of rotatable bonds is 4. The van der Waals surface area contributed by atoms with Gasteiger partial charge in [-0.05, 0) is 26.0 Å². The highest BCUT2D eigenvalue weighted by Crippen LogP contribution is 2.23. The molecule has 0 spiro atoms. The van der Waals surface area contributed by atoms with Gasteiger partial charge >= 0.3 is 0 Å². The van der Waals surface area contributed by atoms with Crippen molar-refractivity contribution < 1.29 is 18.8 Å². The van der Waals surface area contributed by atoms with Crippen LogP contribution in [0, 0.1) is 0 Å². The Morgan fingerprint density at radius 2 is 2.33 bits per heavy atom. The number of morpholine rings is 1. The van der Waals surface area contributed by atoms with Crippen molar-refractivity contribution in [1.29, 1.82) is 0 Å². The van der Waals surface area contributed by atoms with E-state index in [0.29, 0.717) is 30.6 Å². The quantitative estimate of drug-likeness (QED) is 0.909. The van der Waals surface area contributed by atoms with Gasteiger partial charge in [-0.2, -0.15) is 4.98 Å². The summed E-state index contributed by atoms with van der Waals surface area (Å²) >= 11 is 0. The predicted molar refractivity (Wildman–Crippen MR) is 73.3 cm³/mol. The van der Waals surface area contributed by atoms with Gasteiger partial charge in [0.05, 0.1) is 31.1 Å². The van der Waals surface area contributed by atoms with Gasteiger partial charge in [0.1, 0.15) is 0 Å². The Hall–Kier alpha value is -1.70. The van der Waals surface area contributed by atoms with E-state index in [1.807, 2.05) is 13.8 Å². The fourth-order valence-corrected chi connectivity index (χ4v) is 2.65. The number of hydrogen-bond acceptors (Lipinski definition) is 7. The van der Waals surface area contributed by atoms with Crippen molar-refractivity contribution in [2.75, 3.05) is 19.7 Å². The van der Waals surface area contributed by atoms with Crippen LogP contribution >= 0.6 is 0 Å². The molecule has 1 atom stereocenters. The van der Waals surface area contributed by atoms with Crippen molar-refractivity contribution >= 4 is 0 Å². The van der Waals surface area contributed by atoms with E-state index in [1.54, 1.807) is 18.4 Å². The predicted octanol–water partition coefficient (Wildman–Crippen LogP) is 1.30. The molecule has 3 rings (SSSR count). The van der Waals surface area contributed by atoms with Crippen molar-refractivity contribution in [2.24, 2.45) is 0 Å². The monoisotopic (exact) mass is 293 g/mol. The lowest BCUT2D eigenvalue weighted by Gasteiger charge is -2.41. The summed E-state index contributed by atoms with van der Waals surface area (Å²) in [4.78, 5) is 6.47. The molecule has 2 aromatic heterocycles. The lowest BCUT2D eigenvalue weighted by Crippen LogP contribution is -2.53. The first-order valence-corrected chi connectivity index (χ1v) is 6.93. The summed E-state index contributed by atoms with van der Waals surface area (Å²) in [6, 6.07) is 3.57. The Balaban J connectivity index is 1.68. The molecule has 0 aromatic carbocycles. The van der Waals surface area contributed by atoms with Crippen molar-refractivity contribution in [1.82, 2.24) is 15.0 Å². The average molecular weight is 293 g/mol. The van der Waals surface area contributed by atoms with Crippen LogP contribution in [-0.4, -0.2) is 51.5 Å². The fourth-order valence-electron chi connectivity index (χ4n) is 2.65. The maximum absolute atomic E-state index is 9.32. The minimum Gasteiger partial charge on any atom is -0.461 e. The summed E-state index contributed by atoms with van der Waals surface area (Å²) in [5, 5.41) is 13.2. The second-order valence-corrected chi connectivity index (χ2v) is 5.84. The number of ether oxygens (including phenoxy) is 1. The minimum atomic E-state index is -0.310. The fraction of sp³-hybridized carbons (Fsp3) is 0.571. The van der Waals surface area contributed by atoms with Gasteiger partial charge in [0, 0.05) is 13.1 Å². The first-order chi connectivity index (χ1) is 10.1. The molecule has 1 N–H and O–H groups in total. The lowest BCUT2D eigenvalue weighted by atomic mass is 10.1. The molecule has 1 unspecified atom stereocenters. The zero-order chi connectivity index (χ0) is 14.9. The third-order valence-corrected chi connectivity index (χ3v) is 3.32. The number of nitrogens with zero attached hydrogens (tertiary/aromatic N) is 3. The van der Waals surface area contributed by atoms with E-state index in [0.717, 1.165) is 6.54 Å². The van der Waals surface area contributed by atoms with E-state index in [2.05, 4.69) is 15.0 Å². The van der Waals surface area contributed by atoms with Gasteiger partial charge in [-0.1, -0.05) is 5.16 Å². The van der Waals surface area contributed by atoms with Crippen LogP contribution in [0.15, 0.2) is 27.3 Å². The molecule has 1 aliphatic rings. The Kier molecular flexibility index (Phi) is 3.79. The molecule has 3 heterocycles. The highest BCUT2D eigenvalue weighted by Gasteiger charge is 2.33. The normalized spacial score (nSPS) is 22.5. The highest BCUT2D eigenvalue weighted by atomic mass is 16.5. The van der Waals surface area contributed by atoms with E-state index in [4.69, 9.17) is 13.7 Å². The topological polar surface area (TPSA) is 84.8 Å². The van der Waals surface area contributed by atoms with Gasteiger partial charge in [0.25, 0.3) is 0 Å². The standard InChI is InChI=1S/C14H19N3O4/c1-14(2)9-17(6-10(8-18)20-14)7-12-15-13(16-21-12)11-4-3-5-19-11/h3-5,10,18H,6-9H2,1-2H3. The second-order valence-electron chi connectivity index (χ2n) is 5.84. The Bertz CT molecular complexity index is 579. The second kappa shape index (κ2) is 5.59. The summed E-state index contributed by atoms with van der Waals surface area (Å²) in [5.74, 6) is 1.55. The summed E-state index contributed by atoms with van der Waals surface area (Å²) < 4.78 is 16.3. The van der Waals surface area contributed by atoms with Crippen LogP contribution in [0.25, 0.3) is 11.6 Å². The Labute approximate surface area is 122 Å².